The predicted molar refractivity (Wildman–Crippen MR) is 92.8 cm³/mol. The highest BCUT2D eigenvalue weighted by atomic mass is 16.2. The second-order valence-corrected chi connectivity index (χ2v) is 6.01. The molecule has 0 saturated heterocycles. The molecule has 1 N–H and O–H groups in total. The molecule has 0 aromatic carbocycles. The van der Waals surface area contributed by atoms with Crippen molar-refractivity contribution in [3.8, 4) is 0 Å². The van der Waals surface area contributed by atoms with Crippen LogP contribution in [-0.4, -0.2) is 29.8 Å². The number of nitrogens with zero attached hydrogens (tertiary/aromatic N) is 5. The first-order chi connectivity index (χ1) is 11.8. The summed E-state index contributed by atoms with van der Waals surface area (Å²) < 4.78 is 3.93. The van der Waals surface area contributed by atoms with E-state index in [1.165, 1.54) is 30.9 Å². The topological polar surface area (TPSA) is 104 Å². The summed E-state index contributed by atoms with van der Waals surface area (Å²) in [6.45, 7) is 3.90. The van der Waals surface area contributed by atoms with Gasteiger partial charge in [0.25, 0.3) is 11.5 Å². The zero-order chi connectivity index (χ0) is 18.3. The Morgan fingerprint density at radius 3 is 2.60 bits per heavy atom. The third-order valence-corrected chi connectivity index (χ3v) is 3.96. The Balaban J connectivity index is 2.05. The molecule has 3 aromatic heterocycles. The van der Waals surface area contributed by atoms with Gasteiger partial charge in [0.2, 0.25) is 0 Å². The minimum atomic E-state index is -0.493. The molecule has 0 unspecified atom stereocenters. The smallest absolute Gasteiger partial charge is 0.307 e. The van der Waals surface area contributed by atoms with Gasteiger partial charge in [-0.05, 0) is 19.9 Å². The van der Waals surface area contributed by atoms with Gasteiger partial charge in [-0.3, -0.25) is 18.7 Å². The van der Waals surface area contributed by atoms with Gasteiger partial charge in [0.1, 0.15) is 11.5 Å². The summed E-state index contributed by atoms with van der Waals surface area (Å²) >= 11 is 0. The number of anilines is 1. The van der Waals surface area contributed by atoms with Crippen molar-refractivity contribution in [1.82, 2.24) is 23.9 Å². The van der Waals surface area contributed by atoms with Crippen LogP contribution in [0.1, 0.15) is 30.2 Å². The van der Waals surface area contributed by atoms with E-state index in [2.05, 4.69) is 15.4 Å². The lowest BCUT2D eigenvalue weighted by Gasteiger charge is -2.12. The van der Waals surface area contributed by atoms with Crippen LogP contribution in [0.15, 0.2) is 34.1 Å². The molecule has 0 radical (unpaired) electrons. The molecule has 0 spiro atoms. The number of nitrogens with one attached hydrogen (secondary N) is 1. The molecule has 0 saturated carbocycles. The van der Waals surface area contributed by atoms with Crippen molar-refractivity contribution in [2.45, 2.75) is 19.9 Å². The fraction of sp³-hybridized carbons (Fsp3) is 0.312. The fourth-order valence-corrected chi connectivity index (χ4v) is 2.60. The normalized spacial score (nSPS) is 11.2. The highest BCUT2D eigenvalue weighted by Crippen LogP contribution is 2.15. The molecule has 3 aromatic rings. The zero-order valence-electron chi connectivity index (χ0n) is 14.3. The van der Waals surface area contributed by atoms with Gasteiger partial charge < -0.3 is 5.32 Å². The third kappa shape index (κ3) is 2.73. The Morgan fingerprint density at radius 2 is 1.92 bits per heavy atom. The van der Waals surface area contributed by atoms with E-state index >= 15 is 0 Å². The quantitative estimate of drug-likeness (QED) is 0.753. The lowest BCUT2D eigenvalue weighted by Crippen LogP contribution is -2.37. The number of pyridine rings is 1. The summed E-state index contributed by atoms with van der Waals surface area (Å²) in [7, 11) is 2.91. The molecular weight excluding hydrogens is 324 g/mol. The van der Waals surface area contributed by atoms with Gasteiger partial charge in [-0.25, -0.2) is 14.5 Å². The molecule has 0 fully saturated rings. The lowest BCUT2D eigenvalue weighted by molar-refractivity contribution is 0.102. The van der Waals surface area contributed by atoms with Crippen molar-refractivity contribution in [3.05, 3.63) is 50.9 Å². The summed E-state index contributed by atoms with van der Waals surface area (Å²) in [5, 5.41) is 7.11. The minimum Gasteiger partial charge on any atom is -0.307 e. The van der Waals surface area contributed by atoms with E-state index in [-0.39, 0.29) is 22.6 Å². The number of carbonyl (C=O) groups is 1. The third-order valence-electron chi connectivity index (χ3n) is 3.96. The molecule has 130 valence electrons. The maximum atomic E-state index is 12.5. The van der Waals surface area contributed by atoms with E-state index in [1.54, 1.807) is 16.9 Å². The van der Waals surface area contributed by atoms with Crippen LogP contribution in [0.25, 0.3) is 11.0 Å². The SMILES string of the molecule is CC(C)n1nccc1NC(=O)c1cnc2c(c1)c(=O)n(C)c(=O)n2C. The average Bonchev–Trinajstić information content (AvgIpc) is 3.05. The van der Waals surface area contributed by atoms with E-state index in [0.717, 1.165) is 4.57 Å². The highest BCUT2D eigenvalue weighted by molar-refractivity contribution is 6.05. The maximum absolute atomic E-state index is 12.5. The summed E-state index contributed by atoms with van der Waals surface area (Å²) in [5.74, 6) is 0.140. The Kier molecular flexibility index (Phi) is 3.99. The van der Waals surface area contributed by atoms with Crippen molar-refractivity contribution < 1.29 is 4.79 Å². The Morgan fingerprint density at radius 1 is 1.20 bits per heavy atom. The molecule has 0 bridgehead atoms. The van der Waals surface area contributed by atoms with E-state index in [9.17, 15) is 14.4 Å². The van der Waals surface area contributed by atoms with Crippen LogP contribution in [0.4, 0.5) is 5.82 Å². The number of rotatable bonds is 3. The van der Waals surface area contributed by atoms with Gasteiger partial charge in [-0.15, -0.1) is 0 Å². The van der Waals surface area contributed by atoms with Gasteiger partial charge in [-0.2, -0.15) is 5.10 Å². The highest BCUT2D eigenvalue weighted by Gasteiger charge is 2.15. The molecule has 1 amide bonds. The number of aromatic nitrogens is 5. The van der Waals surface area contributed by atoms with Gasteiger partial charge in [0.15, 0.2) is 0 Å². The van der Waals surface area contributed by atoms with Gasteiger partial charge in [0, 0.05) is 32.4 Å². The van der Waals surface area contributed by atoms with Crippen molar-refractivity contribution in [2.75, 3.05) is 5.32 Å². The molecule has 0 aliphatic rings. The summed E-state index contributed by atoms with van der Waals surface area (Å²) in [6.07, 6.45) is 2.94. The lowest BCUT2D eigenvalue weighted by atomic mass is 10.2. The first-order valence-electron chi connectivity index (χ1n) is 7.72. The zero-order valence-corrected chi connectivity index (χ0v) is 14.3. The van der Waals surface area contributed by atoms with Crippen LogP contribution in [0.3, 0.4) is 0 Å². The van der Waals surface area contributed by atoms with Crippen LogP contribution >= 0.6 is 0 Å². The Bertz CT molecular complexity index is 1090. The average molecular weight is 342 g/mol. The number of aryl methyl sites for hydroxylation is 1. The molecule has 9 heteroatoms. The number of hydrogen-bond acceptors (Lipinski definition) is 5. The number of carbonyl (C=O) groups excluding carboxylic acids is 1. The van der Waals surface area contributed by atoms with Crippen LogP contribution in [-0.2, 0) is 14.1 Å². The predicted octanol–water partition coefficient (Wildman–Crippen LogP) is 0.662. The van der Waals surface area contributed by atoms with Crippen LogP contribution < -0.4 is 16.6 Å². The molecule has 25 heavy (non-hydrogen) atoms. The Hall–Kier alpha value is -3.23. The van der Waals surface area contributed by atoms with Crippen molar-refractivity contribution >= 4 is 22.8 Å². The fourth-order valence-electron chi connectivity index (χ4n) is 2.60. The van der Waals surface area contributed by atoms with Crippen molar-refractivity contribution in [3.63, 3.8) is 0 Å². The largest absolute Gasteiger partial charge is 0.332 e. The monoisotopic (exact) mass is 342 g/mol. The summed E-state index contributed by atoms with van der Waals surface area (Å²) in [5.41, 5.74) is -0.507. The van der Waals surface area contributed by atoms with E-state index in [1.807, 2.05) is 13.8 Å². The minimum absolute atomic E-state index is 0.0850. The molecule has 0 aliphatic carbocycles. The van der Waals surface area contributed by atoms with Crippen LogP contribution in [0, 0.1) is 0 Å². The van der Waals surface area contributed by atoms with E-state index < -0.39 is 17.2 Å². The molecule has 0 aliphatic heterocycles. The second kappa shape index (κ2) is 6.00. The van der Waals surface area contributed by atoms with Crippen molar-refractivity contribution in [1.29, 1.82) is 0 Å². The van der Waals surface area contributed by atoms with Gasteiger partial charge in [0.05, 0.1) is 17.1 Å². The summed E-state index contributed by atoms with van der Waals surface area (Å²) in [6, 6.07) is 3.21. The number of amides is 1. The number of fused-ring (bicyclic) bond motifs is 1. The molecule has 0 atom stereocenters. The molecule has 3 rings (SSSR count). The number of hydrogen-bond donors (Lipinski definition) is 1. The van der Waals surface area contributed by atoms with E-state index in [4.69, 9.17) is 0 Å². The maximum Gasteiger partial charge on any atom is 0.332 e. The van der Waals surface area contributed by atoms with E-state index in [0.29, 0.717) is 5.82 Å². The Labute approximate surface area is 142 Å². The van der Waals surface area contributed by atoms with Crippen LogP contribution in [0.5, 0.6) is 0 Å². The van der Waals surface area contributed by atoms with Gasteiger partial charge in [-0.1, -0.05) is 0 Å². The first kappa shape index (κ1) is 16.6. The standard InChI is InChI=1S/C16H18N6O3/c1-9(2)22-12(5-6-18-22)19-14(23)10-7-11-13(17-8-10)20(3)16(25)21(4)15(11)24/h5-9H,1-4H3,(H,19,23). The molecular formula is C16H18N6O3. The van der Waals surface area contributed by atoms with Gasteiger partial charge >= 0.3 is 5.69 Å². The second-order valence-electron chi connectivity index (χ2n) is 6.01. The van der Waals surface area contributed by atoms with Crippen LogP contribution in [0.2, 0.25) is 0 Å². The summed E-state index contributed by atoms with van der Waals surface area (Å²) in [4.78, 5) is 40.9. The van der Waals surface area contributed by atoms with Crippen molar-refractivity contribution in [2.24, 2.45) is 14.1 Å². The molecule has 9 nitrogen and oxygen atoms in total. The molecule has 3 heterocycles. The first-order valence-corrected chi connectivity index (χ1v) is 7.72.